The quantitative estimate of drug-likeness (QED) is 0.836. The number of ether oxygens (including phenoxy) is 1. The number of cyclic esters (lactones) is 1. The number of rotatable bonds is 4. The van der Waals surface area contributed by atoms with Crippen molar-refractivity contribution in [3.8, 4) is 5.75 Å². The van der Waals surface area contributed by atoms with Gasteiger partial charge in [0.2, 0.25) is 0 Å². The number of phenols is 1. The van der Waals surface area contributed by atoms with E-state index in [4.69, 9.17) is 10.1 Å². The molecule has 1 saturated heterocycles. The molecule has 5 heteroatoms. The minimum Gasteiger partial charge on any atom is -0.508 e. The summed E-state index contributed by atoms with van der Waals surface area (Å²) in [5.41, 5.74) is -0.372. The van der Waals surface area contributed by atoms with Gasteiger partial charge in [-0.1, -0.05) is 25.0 Å². The van der Waals surface area contributed by atoms with Crippen molar-refractivity contribution in [1.29, 1.82) is 5.41 Å². The van der Waals surface area contributed by atoms with Crippen LogP contribution in [0.1, 0.15) is 44.1 Å². The third-order valence-electron chi connectivity index (χ3n) is 5.09. The highest BCUT2D eigenvalue weighted by Gasteiger charge is 2.49. The lowest BCUT2D eigenvalue weighted by molar-refractivity contribution is -0.165. The molecule has 2 N–H and O–H groups in total. The minimum absolute atomic E-state index is 0.112. The van der Waals surface area contributed by atoms with Crippen molar-refractivity contribution in [1.82, 2.24) is 0 Å². The Morgan fingerprint density at radius 2 is 2.00 bits per heavy atom. The number of carbonyl (C=O) groups excluding carboxylic acids is 2. The van der Waals surface area contributed by atoms with Crippen LogP contribution < -0.4 is 0 Å². The smallest absolute Gasteiger partial charge is 0.360 e. The number of hydrogen-bond acceptors (Lipinski definition) is 5. The summed E-state index contributed by atoms with van der Waals surface area (Å²) in [6.45, 7) is 0. The summed E-state index contributed by atoms with van der Waals surface area (Å²) in [4.78, 5) is 24.0. The molecule has 3 rings (SSSR count). The number of phenolic OH excluding ortho intramolecular Hbond substituents is 1. The number of aryl methyl sites for hydroxylation is 1. The Morgan fingerprint density at radius 3 is 2.65 bits per heavy atom. The molecule has 1 aliphatic carbocycles. The van der Waals surface area contributed by atoms with Crippen LogP contribution in [-0.2, 0) is 20.7 Å². The van der Waals surface area contributed by atoms with Crippen molar-refractivity contribution in [3.05, 3.63) is 29.8 Å². The number of esters is 1. The van der Waals surface area contributed by atoms with Crippen LogP contribution in [0.3, 0.4) is 0 Å². The predicted octanol–water partition coefficient (Wildman–Crippen LogP) is 2.79. The molecular weight excluding hydrogens is 294 g/mol. The number of nitrogens with one attached hydrogen (secondary N) is 1. The number of ketones is 1. The van der Waals surface area contributed by atoms with Crippen molar-refractivity contribution in [2.45, 2.75) is 50.5 Å². The number of carbonyl (C=O) groups is 2. The highest BCUT2D eigenvalue weighted by Crippen LogP contribution is 2.43. The molecule has 1 saturated carbocycles. The minimum atomic E-state index is -0.791. The highest BCUT2D eigenvalue weighted by atomic mass is 16.6. The van der Waals surface area contributed by atoms with Crippen LogP contribution in [0, 0.1) is 11.3 Å². The average Bonchev–Trinajstić information content (AvgIpc) is 3.06. The molecule has 2 aliphatic rings. The van der Waals surface area contributed by atoms with Crippen LogP contribution in [0.2, 0.25) is 0 Å². The van der Waals surface area contributed by atoms with Gasteiger partial charge in [0.15, 0.2) is 11.5 Å². The van der Waals surface area contributed by atoms with E-state index in [1.54, 1.807) is 18.2 Å². The maximum absolute atomic E-state index is 12.1. The van der Waals surface area contributed by atoms with Gasteiger partial charge in [-0.2, -0.15) is 0 Å². The van der Waals surface area contributed by atoms with Crippen LogP contribution >= 0.6 is 0 Å². The molecule has 5 nitrogen and oxygen atoms in total. The van der Waals surface area contributed by atoms with Gasteiger partial charge in [0.1, 0.15) is 11.4 Å². The van der Waals surface area contributed by atoms with Crippen molar-refractivity contribution < 1.29 is 19.4 Å². The third-order valence-corrected chi connectivity index (χ3v) is 5.09. The van der Waals surface area contributed by atoms with Gasteiger partial charge in [-0.25, -0.2) is 4.79 Å². The first kappa shape index (κ1) is 15.7. The van der Waals surface area contributed by atoms with Crippen LogP contribution in [0.4, 0.5) is 0 Å². The summed E-state index contributed by atoms with van der Waals surface area (Å²) in [6, 6.07) is 7.00. The normalized spacial score (nSPS) is 25.7. The fourth-order valence-electron chi connectivity index (χ4n) is 3.84. The third kappa shape index (κ3) is 3.14. The van der Waals surface area contributed by atoms with E-state index in [1.165, 1.54) is 0 Å². The fourth-order valence-corrected chi connectivity index (χ4v) is 3.84. The number of aromatic hydroxyl groups is 1. The van der Waals surface area contributed by atoms with Crippen molar-refractivity contribution in [3.63, 3.8) is 0 Å². The molecule has 1 heterocycles. The Kier molecular flexibility index (Phi) is 4.20. The second kappa shape index (κ2) is 6.14. The van der Waals surface area contributed by atoms with Gasteiger partial charge >= 0.3 is 5.97 Å². The zero-order chi connectivity index (χ0) is 16.4. The molecule has 122 valence electrons. The van der Waals surface area contributed by atoms with Crippen LogP contribution in [0.5, 0.6) is 5.75 Å². The molecule has 0 aromatic heterocycles. The first-order chi connectivity index (χ1) is 11.0. The van der Waals surface area contributed by atoms with E-state index in [1.807, 2.05) is 6.07 Å². The molecule has 23 heavy (non-hydrogen) atoms. The van der Waals surface area contributed by atoms with E-state index in [0.717, 1.165) is 31.2 Å². The molecule has 0 radical (unpaired) electrons. The van der Waals surface area contributed by atoms with Crippen molar-refractivity contribution in [2.24, 2.45) is 5.92 Å². The maximum atomic E-state index is 12.1. The van der Waals surface area contributed by atoms with E-state index in [-0.39, 0.29) is 18.1 Å². The van der Waals surface area contributed by atoms with Gasteiger partial charge < -0.3 is 9.84 Å². The van der Waals surface area contributed by atoms with Crippen LogP contribution in [0.15, 0.2) is 24.3 Å². The summed E-state index contributed by atoms with van der Waals surface area (Å²) in [5.74, 6) is -0.815. The summed E-state index contributed by atoms with van der Waals surface area (Å²) < 4.78 is 5.65. The Hall–Kier alpha value is -2.17. The van der Waals surface area contributed by atoms with Crippen molar-refractivity contribution >= 4 is 17.5 Å². The summed E-state index contributed by atoms with van der Waals surface area (Å²) in [7, 11) is 0. The Morgan fingerprint density at radius 1 is 1.26 bits per heavy atom. The molecule has 1 atom stereocenters. The first-order valence-electron chi connectivity index (χ1n) is 8.13. The lowest BCUT2D eigenvalue weighted by atomic mass is 9.75. The SMILES string of the molecule is N=C1C(=O)C[C@@](CCc2cccc(O)c2)(C2CCCC2)OC1=O. The van der Waals surface area contributed by atoms with Gasteiger partial charge in [-0.3, -0.25) is 10.2 Å². The number of Topliss-reactive ketones (excluding diaryl/α,β-unsaturated/α-hetero) is 1. The summed E-state index contributed by atoms with van der Waals surface area (Å²) in [5, 5.41) is 17.1. The lowest BCUT2D eigenvalue weighted by Crippen LogP contribution is -2.52. The number of hydrogen-bond donors (Lipinski definition) is 2. The van der Waals surface area contributed by atoms with E-state index in [2.05, 4.69) is 0 Å². The Labute approximate surface area is 135 Å². The van der Waals surface area contributed by atoms with E-state index >= 15 is 0 Å². The van der Waals surface area contributed by atoms with Crippen LogP contribution in [0.25, 0.3) is 0 Å². The van der Waals surface area contributed by atoms with Gasteiger partial charge in [0.25, 0.3) is 0 Å². The average molecular weight is 315 g/mol. The highest BCUT2D eigenvalue weighted by molar-refractivity contribution is 6.64. The molecule has 1 aromatic rings. The monoisotopic (exact) mass is 315 g/mol. The van der Waals surface area contributed by atoms with E-state index in [0.29, 0.717) is 12.8 Å². The van der Waals surface area contributed by atoms with E-state index < -0.39 is 23.1 Å². The molecule has 0 spiro atoms. The van der Waals surface area contributed by atoms with Gasteiger partial charge in [-0.15, -0.1) is 0 Å². The largest absolute Gasteiger partial charge is 0.508 e. The number of benzene rings is 1. The summed E-state index contributed by atoms with van der Waals surface area (Å²) >= 11 is 0. The second-order valence-electron chi connectivity index (χ2n) is 6.58. The van der Waals surface area contributed by atoms with E-state index in [9.17, 15) is 14.7 Å². The van der Waals surface area contributed by atoms with Crippen molar-refractivity contribution in [2.75, 3.05) is 0 Å². The second-order valence-corrected chi connectivity index (χ2v) is 6.58. The maximum Gasteiger partial charge on any atom is 0.360 e. The molecule has 1 aromatic carbocycles. The molecule has 0 bridgehead atoms. The zero-order valence-corrected chi connectivity index (χ0v) is 13.0. The molecule has 2 fully saturated rings. The molecule has 1 aliphatic heterocycles. The molecule has 0 unspecified atom stereocenters. The van der Waals surface area contributed by atoms with Gasteiger partial charge in [-0.05, 0) is 49.3 Å². The zero-order valence-electron chi connectivity index (χ0n) is 13.0. The first-order valence-corrected chi connectivity index (χ1v) is 8.13. The molecular formula is C18H21NO4. The predicted molar refractivity (Wildman–Crippen MR) is 84.6 cm³/mol. The Bertz CT molecular complexity index is 626. The standard InChI is InChI=1S/C18H21NO4/c19-16-15(21)11-18(23-17(16)22,13-5-1-2-6-13)9-8-12-4-3-7-14(20)10-12/h3-4,7,10,13,19-20H,1-2,5-6,8-9,11H2/t18-/m0/s1. The lowest BCUT2D eigenvalue weighted by Gasteiger charge is -2.41. The van der Waals surface area contributed by atoms with Gasteiger partial charge in [0.05, 0.1) is 6.42 Å². The topological polar surface area (TPSA) is 87.5 Å². The molecule has 0 amide bonds. The summed E-state index contributed by atoms with van der Waals surface area (Å²) in [6.07, 6.45) is 5.36. The Balaban J connectivity index is 1.82. The van der Waals surface area contributed by atoms with Crippen LogP contribution in [-0.4, -0.2) is 28.2 Å². The van der Waals surface area contributed by atoms with Gasteiger partial charge in [0, 0.05) is 0 Å². The fraction of sp³-hybridized carbons (Fsp3) is 0.500.